The highest BCUT2D eigenvalue weighted by Gasteiger charge is 2.24. The molecule has 0 N–H and O–H groups in total. The van der Waals surface area contributed by atoms with E-state index in [1.54, 1.807) is 0 Å². The van der Waals surface area contributed by atoms with Crippen molar-refractivity contribution in [1.82, 2.24) is 9.80 Å². The molecule has 120 valence electrons. The van der Waals surface area contributed by atoms with Crippen LogP contribution in [0.2, 0.25) is 0 Å². The highest BCUT2D eigenvalue weighted by molar-refractivity contribution is 5.79. The van der Waals surface area contributed by atoms with Crippen molar-refractivity contribution < 1.29 is 9.59 Å². The van der Waals surface area contributed by atoms with E-state index in [0.29, 0.717) is 32.6 Å². The maximum absolute atomic E-state index is 12.3. The third-order valence-electron chi connectivity index (χ3n) is 4.15. The van der Waals surface area contributed by atoms with Gasteiger partial charge in [-0.2, -0.15) is 0 Å². The van der Waals surface area contributed by atoms with Gasteiger partial charge in [-0.05, 0) is 18.9 Å². The molecular weight excluding hydrogens is 276 g/mol. The van der Waals surface area contributed by atoms with Gasteiger partial charge in [-0.1, -0.05) is 43.7 Å². The number of carbonyl (C=O) groups excluding carboxylic acids is 2. The summed E-state index contributed by atoms with van der Waals surface area (Å²) in [5, 5.41) is 0. The molecule has 2 rings (SSSR count). The van der Waals surface area contributed by atoms with Gasteiger partial charge in [0.1, 0.15) is 0 Å². The van der Waals surface area contributed by atoms with Crippen LogP contribution in [0.15, 0.2) is 24.3 Å². The van der Waals surface area contributed by atoms with E-state index in [0.717, 1.165) is 6.42 Å². The molecule has 22 heavy (non-hydrogen) atoms. The van der Waals surface area contributed by atoms with Crippen molar-refractivity contribution >= 4 is 11.8 Å². The van der Waals surface area contributed by atoms with Crippen molar-refractivity contribution in [1.29, 1.82) is 0 Å². The number of hydrogen-bond donors (Lipinski definition) is 0. The lowest BCUT2D eigenvalue weighted by Crippen LogP contribution is -2.51. The Hall–Kier alpha value is -1.84. The summed E-state index contributed by atoms with van der Waals surface area (Å²) in [6, 6.07) is 8.30. The Morgan fingerprint density at radius 3 is 2.32 bits per heavy atom. The molecule has 0 saturated carbocycles. The number of nitrogens with zero attached hydrogens (tertiary/aromatic N) is 2. The normalized spacial score (nSPS) is 15.3. The van der Waals surface area contributed by atoms with Crippen LogP contribution in [0.4, 0.5) is 0 Å². The molecule has 2 amide bonds. The Bertz CT molecular complexity index is 532. The summed E-state index contributed by atoms with van der Waals surface area (Å²) in [5.74, 6) is 0.411. The van der Waals surface area contributed by atoms with E-state index in [9.17, 15) is 9.59 Å². The number of rotatable bonds is 4. The zero-order valence-corrected chi connectivity index (χ0v) is 13.8. The molecule has 0 spiro atoms. The van der Waals surface area contributed by atoms with Gasteiger partial charge in [0, 0.05) is 38.5 Å². The third-order valence-corrected chi connectivity index (χ3v) is 4.15. The summed E-state index contributed by atoms with van der Waals surface area (Å²) in [4.78, 5) is 28.0. The fourth-order valence-electron chi connectivity index (χ4n) is 2.82. The van der Waals surface area contributed by atoms with Crippen molar-refractivity contribution in [2.24, 2.45) is 5.92 Å². The average Bonchev–Trinajstić information content (AvgIpc) is 2.52. The topological polar surface area (TPSA) is 40.6 Å². The molecule has 1 saturated heterocycles. The number of aryl methyl sites for hydroxylation is 2. The number of amides is 2. The van der Waals surface area contributed by atoms with Gasteiger partial charge in [-0.15, -0.1) is 0 Å². The molecule has 1 aromatic carbocycles. The Kier molecular flexibility index (Phi) is 5.58. The minimum absolute atomic E-state index is 0.0311. The second-order valence-corrected chi connectivity index (χ2v) is 6.35. The first-order chi connectivity index (χ1) is 10.5. The van der Waals surface area contributed by atoms with Crippen LogP contribution < -0.4 is 0 Å². The summed E-state index contributed by atoms with van der Waals surface area (Å²) in [7, 11) is 0. The number of piperazine rings is 1. The SMILES string of the molecule is Cc1cccc(CCC(=O)N2CCN(C(=O)C(C)C)CC2)c1. The minimum Gasteiger partial charge on any atom is -0.339 e. The maximum atomic E-state index is 12.3. The standard InChI is InChI=1S/C18H26N2O2/c1-14(2)18(22)20-11-9-19(10-12-20)17(21)8-7-16-6-4-5-15(3)13-16/h4-6,13-14H,7-12H2,1-3H3. The summed E-state index contributed by atoms with van der Waals surface area (Å²) < 4.78 is 0. The zero-order valence-electron chi connectivity index (χ0n) is 13.8. The van der Waals surface area contributed by atoms with Crippen LogP contribution in [0.3, 0.4) is 0 Å². The Balaban J connectivity index is 1.79. The Morgan fingerprint density at radius 2 is 1.73 bits per heavy atom. The van der Waals surface area contributed by atoms with Gasteiger partial charge in [-0.25, -0.2) is 0 Å². The molecule has 1 heterocycles. The average molecular weight is 302 g/mol. The molecule has 0 atom stereocenters. The quantitative estimate of drug-likeness (QED) is 0.856. The lowest BCUT2D eigenvalue weighted by atomic mass is 10.1. The highest BCUT2D eigenvalue weighted by atomic mass is 16.2. The van der Waals surface area contributed by atoms with Crippen LogP contribution in [0.1, 0.15) is 31.4 Å². The summed E-state index contributed by atoms with van der Waals surface area (Å²) in [6.45, 7) is 8.54. The molecule has 1 aromatic rings. The summed E-state index contributed by atoms with van der Waals surface area (Å²) >= 11 is 0. The second-order valence-electron chi connectivity index (χ2n) is 6.35. The Morgan fingerprint density at radius 1 is 1.09 bits per heavy atom. The van der Waals surface area contributed by atoms with Gasteiger partial charge < -0.3 is 9.80 Å². The molecular formula is C18H26N2O2. The largest absolute Gasteiger partial charge is 0.339 e. The fourth-order valence-corrected chi connectivity index (χ4v) is 2.82. The van der Waals surface area contributed by atoms with Gasteiger partial charge in [0.15, 0.2) is 0 Å². The van der Waals surface area contributed by atoms with Crippen LogP contribution in [0.5, 0.6) is 0 Å². The molecule has 0 aromatic heterocycles. The van der Waals surface area contributed by atoms with E-state index in [-0.39, 0.29) is 17.7 Å². The van der Waals surface area contributed by atoms with E-state index in [2.05, 4.69) is 25.1 Å². The lowest BCUT2D eigenvalue weighted by Gasteiger charge is -2.35. The van der Waals surface area contributed by atoms with Crippen LogP contribution in [0.25, 0.3) is 0 Å². The van der Waals surface area contributed by atoms with E-state index >= 15 is 0 Å². The van der Waals surface area contributed by atoms with E-state index in [4.69, 9.17) is 0 Å². The summed E-state index contributed by atoms with van der Waals surface area (Å²) in [6.07, 6.45) is 1.33. The first kappa shape index (κ1) is 16.5. The fraction of sp³-hybridized carbons (Fsp3) is 0.556. The van der Waals surface area contributed by atoms with E-state index in [1.807, 2.05) is 29.7 Å². The van der Waals surface area contributed by atoms with E-state index < -0.39 is 0 Å². The molecule has 0 unspecified atom stereocenters. The molecule has 0 bridgehead atoms. The van der Waals surface area contributed by atoms with Crippen molar-refractivity contribution in [3.8, 4) is 0 Å². The predicted molar refractivity (Wildman–Crippen MR) is 87.5 cm³/mol. The van der Waals surface area contributed by atoms with Crippen LogP contribution in [-0.2, 0) is 16.0 Å². The first-order valence-corrected chi connectivity index (χ1v) is 8.09. The van der Waals surface area contributed by atoms with Crippen molar-refractivity contribution in [3.05, 3.63) is 35.4 Å². The van der Waals surface area contributed by atoms with Gasteiger partial charge in [0.05, 0.1) is 0 Å². The van der Waals surface area contributed by atoms with Gasteiger partial charge >= 0.3 is 0 Å². The molecule has 0 aliphatic carbocycles. The predicted octanol–water partition coefficient (Wildman–Crippen LogP) is 2.25. The number of hydrogen-bond acceptors (Lipinski definition) is 2. The number of carbonyl (C=O) groups is 2. The van der Waals surface area contributed by atoms with Crippen LogP contribution in [-0.4, -0.2) is 47.8 Å². The van der Waals surface area contributed by atoms with Crippen molar-refractivity contribution in [2.45, 2.75) is 33.6 Å². The van der Waals surface area contributed by atoms with E-state index in [1.165, 1.54) is 11.1 Å². The molecule has 1 aliphatic heterocycles. The first-order valence-electron chi connectivity index (χ1n) is 8.09. The minimum atomic E-state index is 0.0311. The monoisotopic (exact) mass is 302 g/mol. The molecule has 1 fully saturated rings. The maximum Gasteiger partial charge on any atom is 0.225 e. The summed E-state index contributed by atoms with van der Waals surface area (Å²) in [5.41, 5.74) is 2.44. The molecule has 4 nitrogen and oxygen atoms in total. The molecule has 0 radical (unpaired) electrons. The third kappa shape index (κ3) is 4.33. The van der Waals surface area contributed by atoms with Crippen LogP contribution >= 0.6 is 0 Å². The smallest absolute Gasteiger partial charge is 0.225 e. The lowest BCUT2D eigenvalue weighted by molar-refractivity contribution is -0.141. The molecule has 4 heteroatoms. The zero-order chi connectivity index (χ0) is 16.1. The van der Waals surface area contributed by atoms with Crippen molar-refractivity contribution in [2.75, 3.05) is 26.2 Å². The van der Waals surface area contributed by atoms with Crippen molar-refractivity contribution in [3.63, 3.8) is 0 Å². The van der Waals surface area contributed by atoms with Gasteiger partial charge in [0.25, 0.3) is 0 Å². The second kappa shape index (κ2) is 7.43. The van der Waals surface area contributed by atoms with Gasteiger partial charge in [-0.3, -0.25) is 9.59 Å². The van der Waals surface area contributed by atoms with Crippen LogP contribution in [0, 0.1) is 12.8 Å². The highest BCUT2D eigenvalue weighted by Crippen LogP contribution is 2.11. The Labute approximate surface area is 133 Å². The number of benzene rings is 1. The van der Waals surface area contributed by atoms with Gasteiger partial charge in [0.2, 0.25) is 11.8 Å². The molecule has 1 aliphatic rings.